The largest absolute Gasteiger partial charge is 0.0944 e. The van der Waals surface area contributed by atoms with Gasteiger partial charge in [0.1, 0.15) is 0 Å². The summed E-state index contributed by atoms with van der Waals surface area (Å²) >= 11 is 1.86. The van der Waals surface area contributed by atoms with Crippen LogP contribution in [0.2, 0.25) is 0 Å². The predicted molar refractivity (Wildman–Crippen MR) is 94.8 cm³/mol. The maximum absolute atomic E-state index is 4.29. The molecule has 1 rings (SSSR count). The van der Waals surface area contributed by atoms with Crippen LogP contribution < -0.4 is 0 Å². The van der Waals surface area contributed by atoms with Crippen LogP contribution in [0, 0.1) is 10.8 Å². The Morgan fingerprint density at radius 2 is 1.65 bits per heavy atom. The molecule has 1 aliphatic carbocycles. The van der Waals surface area contributed by atoms with Crippen molar-refractivity contribution in [3.63, 3.8) is 0 Å². The molecular formula is C19H30S. The van der Waals surface area contributed by atoms with E-state index in [-0.39, 0.29) is 10.8 Å². The highest BCUT2D eigenvalue weighted by Crippen LogP contribution is 2.45. The number of thioether (sulfide) groups is 1. The predicted octanol–water partition coefficient (Wildman–Crippen LogP) is 6.88. The van der Waals surface area contributed by atoms with E-state index < -0.39 is 0 Å². The molecule has 0 saturated carbocycles. The maximum atomic E-state index is 4.29. The van der Waals surface area contributed by atoms with Crippen LogP contribution in [0.1, 0.15) is 61.8 Å². The van der Waals surface area contributed by atoms with Crippen LogP contribution in [-0.2, 0) is 0 Å². The molecule has 0 aliphatic heterocycles. The minimum absolute atomic E-state index is 0.139. The molecule has 0 heterocycles. The Morgan fingerprint density at radius 1 is 1.10 bits per heavy atom. The van der Waals surface area contributed by atoms with Gasteiger partial charge in [0.15, 0.2) is 0 Å². The fourth-order valence-corrected chi connectivity index (χ4v) is 3.34. The van der Waals surface area contributed by atoms with Gasteiger partial charge >= 0.3 is 0 Å². The van der Waals surface area contributed by atoms with Crippen molar-refractivity contribution in [2.75, 3.05) is 0 Å². The number of hydrogen-bond donors (Lipinski definition) is 0. The van der Waals surface area contributed by atoms with E-state index in [1.54, 1.807) is 0 Å². The van der Waals surface area contributed by atoms with Crippen molar-refractivity contribution in [3.8, 4) is 0 Å². The third-order valence-corrected chi connectivity index (χ3v) is 5.43. The number of hydrogen-bond acceptors (Lipinski definition) is 1. The molecule has 0 nitrogen and oxygen atoms in total. The van der Waals surface area contributed by atoms with Crippen LogP contribution in [-0.4, -0.2) is 0 Å². The molecule has 0 aromatic carbocycles. The van der Waals surface area contributed by atoms with E-state index in [4.69, 9.17) is 0 Å². The Labute approximate surface area is 130 Å². The van der Waals surface area contributed by atoms with E-state index in [0.717, 1.165) is 6.42 Å². The second-order valence-electron chi connectivity index (χ2n) is 7.78. The lowest BCUT2D eigenvalue weighted by molar-refractivity contribution is 0.513. The summed E-state index contributed by atoms with van der Waals surface area (Å²) in [5, 5.41) is 0. The van der Waals surface area contributed by atoms with Crippen molar-refractivity contribution >= 4 is 11.8 Å². The van der Waals surface area contributed by atoms with Gasteiger partial charge in [-0.15, -0.1) is 0 Å². The molecule has 0 atom stereocenters. The lowest BCUT2D eigenvalue weighted by atomic mass is 9.83. The second-order valence-corrected chi connectivity index (χ2v) is 8.89. The summed E-state index contributed by atoms with van der Waals surface area (Å²) in [5.41, 5.74) is 4.63. The van der Waals surface area contributed by atoms with Gasteiger partial charge in [-0.1, -0.05) is 77.6 Å². The lowest BCUT2D eigenvalue weighted by Gasteiger charge is -2.27. The Balaban J connectivity index is 3.25. The highest BCUT2D eigenvalue weighted by molar-refractivity contribution is 8.07. The molecule has 0 saturated heterocycles. The van der Waals surface area contributed by atoms with Crippen LogP contribution in [0.15, 0.2) is 45.3 Å². The summed E-state index contributed by atoms with van der Waals surface area (Å²) in [7, 11) is 0. The maximum Gasteiger partial charge on any atom is 0.0143 e. The molecular weight excluding hydrogens is 260 g/mol. The molecule has 1 heteroatoms. The normalized spacial score (nSPS) is 17.6. The van der Waals surface area contributed by atoms with Crippen molar-refractivity contribution in [2.24, 2.45) is 10.8 Å². The molecule has 0 N–H and O–H groups in total. The average Bonchev–Trinajstić information content (AvgIpc) is 2.39. The van der Waals surface area contributed by atoms with E-state index in [1.807, 2.05) is 11.8 Å². The molecule has 0 radical (unpaired) electrons. The van der Waals surface area contributed by atoms with Gasteiger partial charge in [-0.05, 0) is 47.1 Å². The van der Waals surface area contributed by atoms with Gasteiger partial charge < -0.3 is 0 Å². The SMILES string of the molecule is C=C(SC1=C(C)CC=CC(C(C)(C)C)=C1C)C(C)(C)C. The van der Waals surface area contributed by atoms with Gasteiger partial charge in [-0.2, -0.15) is 0 Å². The third kappa shape index (κ3) is 4.15. The van der Waals surface area contributed by atoms with Gasteiger partial charge in [-0.3, -0.25) is 0 Å². The van der Waals surface area contributed by atoms with Crippen LogP contribution in [0.3, 0.4) is 0 Å². The van der Waals surface area contributed by atoms with E-state index in [9.17, 15) is 0 Å². The summed E-state index contributed by atoms with van der Waals surface area (Å²) in [6, 6.07) is 0. The Morgan fingerprint density at radius 3 is 2.10 bits per heavy atom. The van der Waals surface area contributed by atoms with E-state index in [1.165, 1.54) is 26.5 Å². The number of rotatable bonds is 2. The average molecular weight is 291 g/mol. The summed E-state index contributed by atoms with van der Waals surface area (Å²) in [6.07, 6.45) is 5.65. The molecule has 112 valence electrons. The topological polar surface area (TPSA) is 0 Å². The zero-order valence-electron chi connectivity index (χ0n) is 14.5. The summed E-state index contributed by atoms with van der Waals surface area (Å²) in [4.78, 5) is 2.65. The Bertz CT molecular complexity index is 485. The lowest BCUT2D eigenvalue weighted by Crippen LogP contribution is -2.11. The first-order valence-electron chi connectivity index (χ1n) is 7.40. The summed E-state index contributed by atoms with van der Waals surface area (Å²) in [5.74, 6) is 0. The fraction of sp³-hybridized carbons (Fsp3) is 0.579. The van der Waals surface area contributed by atoms with E-state index in [0.29, 0.717) is 0 Å². The highest BCUT2D eigenvalue weighted by atomic mass is 32.2. The van der Waals surface area contributed by atoms with E-state index >= 15 is 0 Å². The molecule has 20 heavy (non-hydrogen) atoms. The molecule has 0 aromatic rings. The Kier molecular flexibility index (Phi) is 5.18. The summed E-state index contributed by atoms with van der Waals surface area (Å²) in [6.45, 7) is 22.4. The van der Waals surface area contributed by atoms with Crippen LogP contribution >= 0.6 is 11.8 Å². The van der Waals surface area contributed by atoms with E-state index in [2.05, 4.69) is 74.1 Å². The van der Waals surface area contributed by atoms with Gasteiger partial charge in [0.25, 0.3) is 0 Å². The summed E-state index contributed by atoms with van der Waals surface area (Å²) < 4.78 is 0. The van der Waals surface area contributed by atoms with Gasteiger partial charge in [-0.25, -0.2) is 0 Å². The second kappa shape index (κ2) is 5.97. The van der Waals surface area contributed by atoms with Gasteiger partial charge in [0.2, 0.25) is 0 Å². The van der Waals surface area contributed by atoms with Crippen LogP contribution in [0.4, 0.5) is 0 Å². The van der Waals surface area contributed by atoms with Crippen LogP contribution in [0.5, 0.6) is 0 Å². The van der Waals surface area contributed by atoms with Gasteiger partial charge in [0, 0.05) is 4.91 Å². The third-order valence-electron chi connectivity index (χ3n) is 3.71. The molecule has 0 fully saturated rings. The van der Waals surface area contributed by atoms with Crippen molar-refractivity contribution in [2.45, 2.75) is 61.8 Å². The molecule has 0 bridgehead atoms. The first kappa shape index (κ1) is 17.4. The zero-order chi connectivity index (χ0) is 15.7. The molecule has 0 aromatic heterocycles. The fourth-order valence-electron chi connectivity index (χ4n) is 2.27. The minimum atomic E-state index is 0.139. The molecule has 0 spiro atoms. The smallest absolute Gasteiger partial charge is 0.0143 e. The molecule has 1 aliphatic rings. The zero-order valence-corrected chi connectivity index (χ0v) is 15.3. The quantitative estimate of drug-likeness (QED) is 0.534. The van der Waals surface area contributed by atoms with Crippen molar-refractivity contribution < 1.29 is 0 Å². The first-order valence-corrected chi connectivity index (χ1v) is 8.21. The highest BCUT2D eigenvalue weighted by Gasteiger charge is 2.24. The molecule has 0 amide bonds. The Hall–Kier alpha value is -0.690. The standard InChI is InChI=1S/C19H30S/c1-13-11-10-12-16(19(7,8)9)14(2)17(13)20-15(3)18(4,5)6/h10,12H,3,11H2,1-2,4-9H3. The van der Waals surface area contributed by atoms with Gasteiger partial charge in [0.05, 0.1) is 0 Å². The minimum Gasteiger partial charge on any atom is -0.0944 e. The molecule has 0 unspecified atom stereocenters. The first-order chi connectivity index (χ1) is 8.94. The van der Waals surface area contributed by atoms with Crippen molar-refractivity contribution in [1.29, 1.82) is 0 Å². The number of allylic oxidation sites excluding steroid dienone is 6. The van der Waals surface area contributed by atoms with Crippen LogP contribution in [0.25, 0.3) is 0 Å². The van der Waals surface area contributed by atoms with Crippen molar-refractivity contribution in [1.82, 2.24) is 0 Å². The monoisotopic (exact) mass is 290 g/mol. The van der Waals surface area contributed by atoms with Crippen molar-refractivity contribution in [3.05, 3.63) is 45.3 Å².